The Morgan fingerprint density at radius 3 is 2.77 bits per heavy atom. The fourth-order valence-corrected chi connectivity index (χ4v) is 1.36. The van der Waals surface area contributed by atoms with E-state index in [9.17, 15) is 0 Å². The summed E-state index contributed by atoms with van der Waals surface area (Å²) in [6, 6.07) is 8.35. The van der Waals surface area contributed by atoms with E-state index < -0.39 is 0 Å². The minimum absolute atomic E-state index is 0.941. The molecule has 0 aliphatic carbocycles. The smallest absolute Gasteiger partial charge is 0.0932 e. The van der Waals surface area contributed by atoms with Gasteiger partial charge in [0, 0.05) is 5.39 Å². The van der Waals surface area contributed by atoms with Crippen LogP contribution in [0.5, 0.6) is 0 Å². The van der Waals surface area contributed by atoms with Crippen molar-refractivity contribution >= 4 is 10.9 Å². The van der Waals surface area contributed by atoms with Gasteiger partial charge in [-0.05, 0) is 31.0 Å². The third-order valence-corrected chi connectivity index (χ3v) is 2.16. The van der Waals surface area contributed by atoms with Crippen molar-refractivity contribution in [2.45, 2.75) is 20.3 Å². The number of fused-ring (bicyclic) bond motifs is 1. The Balaban J connectivity index is 2.66. The monoisotopic (exact) mass is 172 g/mol. The second-order valence-electron chi connectivity index (χ2n) is 3.25. The first-order chi connectivity index (χ1) is 6.29. The number of aryl methyl sites for hydroxylation is 2. The van der Waals surface area contributed by atoms with Crippen LogP contribution in [0, 0.1) is 6.92 Å². The Hall–Kier alpha value is -1.44. The van der Waals surface area contributed by atoms with Gasteiger partial charge in [-0.3, -0.25) is 0 Å². The van der Waals surface area contributed by atoms with Crippen LogP contribution in [0.25, 0.3) is 10.9 Å². The number of hydrogen-bond acceptors (Lipinski definition) is 2. The van der Waals surface area contributed by atoms with Crippen molar-refractivity contribution in [3.63, 3.8) is 0 Å². The van der Waals surface area contributed by atoms with Crippen molar-refractivity contribution in [1.29, 1.82) is 0 Å². The maximum atomic E-state index is 4.16. The highest BCUT2D eigenvalue weighted by atomic mass is 15.1. The zero-order chi connectivity index (χ0) is 9.26. The summed E-state index contributed by atoms with van der Waals surface area (Å²) in [5, 5.41) is 9.46. The molecule has 66 valence electrons. The predicted octanol–water partition coefficient (Wildman–Crippen LogP) is 2.50. The van der Waals surface area contributed by atoms with E-state index >= 15 is 0 Å². The summed E-state index contributed by atoms with van der Waals surface area (Å²) in [6.45, 7) is 4.15. The molecule has 1 heterocycles. The molecule has 13 heavy (non-hydrogen) atoms. The molecule has 0 bridgehead atoms. The summed E-state index contributed by atoms with van der Waals surface area (Å²) in [7, 11) is 0. The van der Waals surface area contributed by atoms with Crippen molar-refractivity contribution in [2.75, 3.05) is 0 Å². The highest BCUT2D eigenvalue weighted by molar-refractivity contribution is 5.78. The average Bonchev–Trinajstić information content (AvgIpc) is 2.17. The third kappa shape index (κ3) is 1.52. The lowest BCUT2D eigenvalue weighted by Crippen LogP contribution is -1.91. The van der Waals surface area contributed by atoms with E-state index in [0.717, 1.165) is 17.6 Å². The standard InChI is InChI=1S/C11H12N2/c1-3-10-7-9-5-4-8(2)6-11(9)13-12-10/h4-7H,3H2,1-2H3. The molecule has 2 aromatic rings. The van der Waals surface area contributed by atoms with Gasteiger partial charge in [-0.1, -0.05) is 19.1 Å². The fraction of sp³-hybridized carbons (Fsp3) is 0.273. The lowest BCUT2D eigenvalue weighted by atomic mass is 10.1. The lowest BCUT2D eigenvalue weighted by molar-refractivity contribution is 0.944. The molecule has 0 saturated carbocycles. The topological polar surface area (TPSA) is 25.8 Å². The number of aromatic nitrogens is 2. The van der Waals surface area contributed by atoms with Crippen molar-refractivity contribution in [1.82, 2.24) is 10.2 Å². The highest BCUT2D eigenvalue weighted by Crippen LogP contribution is 2.13. The molecular weight excluding hydrogens is 160 g/mol. The van der Waals surface area contributed by atoms with Gasteiger partial charge in [-0.25, -0.2) is 0 Å². The summed E-state index contributed by atoms with van der Waals surface area (Å²) >= 11 is 0. The molecule has 1 aromatic heterocycles. The van der Waals surface area contributed by atoms with Gasteiger partial charge in [0.05, 0.1) is 11.2 Å². The van der Waals surface area contributed by atoms with Crippen LogP contribution >= 0.6 is 0 Å². The minimum atomic E-state index is 0.941. The van der Waals surface area contributed by atoms with E-state index in [-0.39, 0.29) is 0 Å². The van der Waals surface area contributed by atoms with Gasteiger partial charge in [0.15, 0.2) is 0 Å². The first kappa shape index (κ1) is 8.17. The Kier molecular flexibility index (Phi) is 1.97. The van der Waals surface area contributed by atoms with Gasteiger partial charge in [0.1, 0.15) is 0 Å². The van der Waals surface area contributed by atoms with Gasteiger partial charge in [0.25, 0.3) is 0 Å². The zero-order valence-corrected chi connectivity index (χ0v) is 7.91. The van der Waals surface area contributed by atoms with E-state index in [1.54, 1.807) is 0 Å². The van der Waals surface area contributed by atoms with Crippen LogP contribution in [-0.4, -0.2) is 10.2 Å². The molecule has 0 unspecified atom stereocenters. The molecule has 2 nitrogen and oxygen atoms in total. The number of hydrogen-bond donors (Lipinski definition) is 0. The number of rotatable bonds is 1. The van der Waals surface area contributed by atoms with Gasteiger partial charge in [-0.15, -0.1) is 0 Å². The molecule has 0 aliphatic heterocycles. The molecule has 0 aliphatic rings. The van der Waals surface area contributed by atoms with E-state index in [0.29, 0.717) is 0 Å². The first-order valence-electron chi connectivity index (χ1n) is 4.52. The summed E-state index contributed by atoms with van der Waals surface area (Å²) in [6.07, 6.45) is 0.941. The van der Waals surface area contributed by atoms with Crippen LogP contribution in [0.15, 0.2) is 24.3 Å². The first-order valence-corrected chi connectivity index (χ1v) is 4.52. The van der Waals surface area contributed by atoms with Gasteiger partial charge >= 0.3 is 0 Å². The molecule has 2 heteroatoms. The predicted molar refractivity (Wildman–Crippen MR) is 53.7 cm³/mol. The number of benzene rings is 1. The van der Waals surface area contributed by atoms with Crippen LogP contribution in [0.2, 0.25) is 0 Å². The molecule has 2 rings (SSSR count). The minimum Gasteiger partial charge on any atom is -0.155 e. The van der Waals surface area contributed by atoms with E-state index in [4.69, 9.17) is 0 Å². The van der Waals surface area contributed by atoms with E-state index in [2.05, 4.69) is 48.3 Å². The maximum Gasteiger partial charge on any atom is 0.0932 e. The zero-order valence-electron chi connectivity index (χ0n) is 7.91. The average molecular weight is 172 g/mol. The van der Waals surface area contributed by atoms with E-state index in [1.807, 2.05) is 0 Å². The molecular formula is C11H12N2. The Morgan fingerprint density at radius 2 is 2.00 bits per heavy atom. The molecule has 0 fully saturated rings. The quantitative estimate of drug-likeness (QED) is 0.660. The molecule has 0 amide bonds. The maximum absolute atomic E-state index is 4.16. The van der Waals surface area contributed by atoms with Gasteiger partial charge < -0.3 is 0 Å². The number of nitrogens with zero attached hydrogens (tertiary/aromatic N) is 2. The normalized spacial score (nSPS) is 10.6. The van der Waals surface area contributed by atoms with Crippen molar-refractivity contribution in [2.24, 2.45) is 0 Å². The van der Waals surface area contributed by atoms with Crippen LogP contribution in [0.3, 0.4) is 0 Å². The molecule has 0 atom stereocenters. The molecule has 0 radical (unpaired) electrons. The van der Waals surface area contributed by atoms with Crippen molar-refractivity contribution < 1.29 is 0 Å². The summed E-state index contributed by atoms with van der Waals surface area (Å²) in [5.74, 6) is 0. The molecule has 0 saturated heterocycles. The second-order valence-corrected chi connectivity index (χ2v) is 3.25. The van der Waals surface area contributed by atoms with Crippen LogP contribution in [-0.2, 0) is 6.42 Å². The largest absolute Gasteiger partial charge is 0.155 e. The van der Waals surface area contributed by atoms with E-state index in [1.165, 1.54) is 10.9 Å². The summed E-state index contributed by atoms with van der Waals surface area (Å²) in [4.78, 5) is 0. The fourth-order valence-electron chi connectivity index (χ4n) is 1.36. The third-order valence-electron chi connectivity index (χ3n) is 2.16. The molecule has 0 N–H and O–H groups in total. The second kappa shape index (κ2) is 3.13. The van der Waals surface area contributed by atoms with Crippen LogP contribution < -0.4 is 0 Å². The van der Waals surface area contributed by atoms with Crippen molar-refractivity contribution in [3.8, 4) is 0 Å². The molecule has 1 aromatic carbocycles. The highest BCUT2D eigenvalue weighted by Gasteiger charge is 1.97. The van der Waals surface area contributed by atoms with Crippen LogP contribution in [0.4, 0.5) is 0 Å². The Labute approximate surface area is 77.6 Å². The van der Waals surface area contributed by atoms with Gasteiger partial charge in [0.2, 0.25) is 0 Å². The van der Waals surface area contributed by atoms with Crippen molar-refractivity contribution in [3.05, 3.63) is 35.5 Å². The summed E-state index contributed by atoms with van der Waals surface area (Å²) in [5.41, 5.74) is 3.26. The lowest BCUT2D eigenvalue weighted by Gasteiger charge is -1.99. The Morgan fingerprint density at radius 1 is 1.15 bits per heavy atom. The summed E-state index contributed by atoms with van der Waals surface area (Å²) < 4.78 is 0. The Bertz CT molecular complexity index is 435. The van der Waals surface area contributed by atoms with Crippen LogP contribution in [0.1, 0.15) is 18.2 Å². The van der Waals surface area contributed by atoms with Gasteiger partial charge in [-0.2, -0.15) is 10.2 Å². The molecule has 0 spiro atoms. The SMILES string of the molecule is CCc1cc2ccc(C)cc2nn1.